The second kappa shape index (κ2) is 8.02. The van der Waals surface area contributed by atoms with Crippen molar-refractivity contribution >= 4 is 18.0 Å². The van der Waals surface area contributed by atoms with Crippen molar-refractivity contribution in [2.75, 3.05) is 38.6 Å². The number of methoxy groups -OCH3 is 1. The van der Waals surface area contributed by atoms with E-state index < -0.39 is 5.91 Å². The molecule has 0 unspecified atom stereocenters. The van der Waals surface area contributed by atoms with Gasteiger partial charge in [-0.05, 0) is 24.6 Å². The number of anilines is 1. The molecule has 2 rings (SSSR count). The molecule has 24 heavy (non-hydrogen) atoms. The van der Waals surface area contributed by atoms with Crippen LogP contribution in [0.1, 0.15) is 5.56 Å². The van der Waals surface area contributed by atoms with Gasteiger partial charge in [-0.2, -0.15) is 5.26 Å². The number of carbonyl (C=O) groups is 2. The van der Waals surface area contributed by atoms with E-state index in [1.165, 1.54) is 7.11 Å². The molecule has 0 bridgehead atoms. The zero-order chi connectivity index (χ0) is 17.5. The molecule has 7 nitrogen and oxygen atoms in total. The van der Waals surface area contributed by atoms with Gasteiger partial charge in [-0.3, -0.25) is 9.59 Å². The zero-order valence-electron chi connectivity index (χ0n) is 13.8. The molecule has 1 aliphatic rings. The van der Waals surface area contributed by atoms with Crippen LogP contribution >= 0.6 is 0 Å². The predicted octanol–water partition coefficient (Wildman–Crippen LogP) is 1.12. The summed E-state index contributed by atoms with van der Waals surface area (Å²) in [6.45, 7) is 4.23. The third-order valence-corrected chi connectivity index (χ3v) is 3.78. The Bertz CT molecular complexity index is 686. The lowest BCUT2D eigenvalue weighted by Crippen LogP contribution is -2.43. The third-order valence-electron chi connectivity index (χ3n) is 3.78. The van der Waals surface area contributed by atoms with Crippen molar-refractivity contribution in [2.45, 2.75) is 6.92 Å². The minimum Gasteiger partial charge on any atom is -0.495 e. The van der Waals surface area contributed by atoms with Gasteiger partial charge in [0.25, 0.3) is 5.91 Å². The van der Waals surface area contributed by atoms with E-state index in [0.717, 1.165) is 12.0 Å². The maximum absolute atomic E-state index is 12.4. The van der Waals surface area contributed by atoms with E-state index in [1.54, 1.807) is 23.2 Å². The van der Waals surface area contributed by atoms with Gasteiger partial charge in [0, 0.05) is 32.4 Å². The summed E-state index contributed by atoms with van der Waals surface area (Å²) in [6, 6.07) is 7.36. The largest absolute Gasteiger partial charge is 0.495 e. The zero-order valence-corrected chi connectivity index (χ0v) is 13.8. The summed E-state index contributed by atoms with van der Waals surface area (Å²) < 4.78 is 5.22. The number of benzene rings is 1. The number of ether oxygens (including phenoxy) is 1. The SMILES string of the molecule is COc1ccc(C)cc1NC(=O)/C(C#N)=C\N1CCN(C=O)CC1. The van der Waals surface area contributed by atoms with E-state index in [4.69, 9.17) is 4.74 Å². The summed E-state index contributed by atoms with van der Waals surface area (Å²) in [6.07, 6.45) is 2.35. The number of amides is 2. The van der Waals surface area contributed by atoms with Crippen molar-refractivity contribution in [1.29, 1.82) is 5.26 Å². The molecule has 1 N–H and O–H groups in total. The molecule has 1 saturated heterocycles. The van der Waals surface area contributed by atoms with Gasteiger partial charge in [0.15, 0.2) is 0 Å². The number of hydrogen-bond acceptors (Lipinski definition) is 5. The van der Waals surface area contributed by atoms with Crippen LogP contribution in [0.3, 0.4) is 0 Å². The van der Waals surface area contributed by atoms with Crippen LogP contribution in [0.2, 0.25) is 0 Å². The van der Waals surface area contributed by atoms with Crippen LogP contribution in [0, 0.1) is 18.3 Å². The van der Waals surface area contributed by atoms with Crippen molar-refractivity contribution in [3.63, 3.8) is 0 Å². The van der Waals surface area contributed by atoms with Gasteiger partial charge in [0.2, 0.25) is 6.41 Å². The Hall–Kier alpha value is -3.01. The molecule has 126 valence electrons. The molecule has 0 atom stereocenters. The van der Waals surface area contributed by atoms with Crippen LogP contribution in [-0.4, -0.2) is 55.4 Å². The first-order valence-electron chi connectivity index (χ1n) is 7.58. The highest BCUT2D eigenvalue weighted by molar-refractivity contribution is 6.07. The number of carbonyl (C=O) groups excluding carboxylic acids is 2. The van der Waals surface area contributed by atoms with E-state index >= 15 is 0 Å². The van der Waals surface area contributed by atoms with E-state index in [1.807, 2.05) is 24.0 Å². The fourth-order valence-corrected chi connectivity index (χ4v) is 2.40. The average Bonchev–Trinajstić information content (AvgIpc) is 2.60. The highest BCUT2D eigenvalue weighted by Gasteiger charge is 2.17. The molecule has 0 spiro atoms. The summed E-state index contributed by atoms with van der Waals surface area (Å²) in [5, 5.41) is 12.0. The molecule has 0 aromatic heterocycles. The molecule has 2 amide bonds. The Labute approximate surface area is 141 Å². The minimum atomic E-state index is -0.487. The van der Waals surface area contributed by atoms with Gasteiger partial charge in [-0.1, -0.05) is 6.07 Å². The lowest BCUT2D eigenvalue weighted by molar-refractivity contribution is -0.119. The number of hydrogen-bond donors (Lipinski definition) is 1. The van der Waals surface area contributed by atoms with Gasteiger partial charge in [-0.25, -0.2) is 0 Å². The Morgan fingerprint density at radius 1 is 1.29 bits per heavy atom. The molecule has 1 aromatic carbocycles. The van der Waals surface area contributed by atoms with Crippen LogP contribution in [0.25, 0.3) is 0 Å². The number of nitrogens with zero attached hydrogens (tertiary/aromatic N) is 3. The van der Waals surface area contributed by atoms with E-state index in [2.05, 4.69) is 5.32 Å². The second-order valence-corrected chi connectivity index (χ2v) is 5.49. The number of rotatable bonds is 5. The van der Waals surface area contributed by atoms with Gasteiger partial charge in [0.05, 0.1) is 12.8 Å². The lowest BCUT2D eigenvalue weighted by atomic mass is 10.2. The first-order chi connectivity index (χ1) is 11.6. The summed E-state index contributed by atoms with van der Waals surface area (Å²) in [7, 11) is 1.52. The molecular weight excluding hydrogens is 308 g/mol. The Morgan fingerprint density at radius 2 is 1.96 bits per heavy atom. The number of piperazine rings is 1. The number of aryl methyl sites for hydroxylation is 1. The maximum Gasteiger partial charge on any atom is 0.267 e. The topological polar surface area (TPSA) is 85.7 Å². The van der Waals surface area contributed by atoms with Crippen molar-refractivity contribution < 1.29 is 14.3 Å². The Balaban J connectivity index is 2.10. The molecule has 0 aliphatic carbocycles. The standard InChI is InChI=1S/C17H20N4O3/c1-13-3-4-16(24-2)15(9-13)19-17(23)14(10-18)11-20-5-7-21(12-22)8-6-20/h3-4,9,11-12H,5-8H2,1-2H3,(H,19,23)/b14-11-. The first-order valence-corrected chi connectivity index (χ1v) is 7.58. The molecule has 7 heteroatoms. The van der Waals surface area contributed by atoms with Crippen LogP contribution in [0.5, 0.6) is 5.75 Å². The van der Waals surface area contributed by atoms with Gasteiger partial charge in [-0.15, -0.1) is 0 Å². The summed E-state index contributed by atoms with van der Waals surface area (Å²) in [5.74, 6) is 0.0463. The van der Waals surface area contributed by atoms with Crippen molar-refractivity contribution in [3.05, 3.63) is 35.5 Å². The van der Waals surface area contributed by atoms with E-state index in [9.17, 15) is 14.9 Å². The van der Waals surface area contributed by atoms with E-state index in [-0.39, 0.29) is 5.57 Å². The number of nitrogens with one attached hydrogen (secondary N) is 1. The third kappa shape index (κ3) is 4.26. The molecule has 1 fully saturated rings. The molecular formula is C17H20N4O3. The van der Waals surface area contributed by atoms with E-state index in [0.29, 0.717) is 37.6 Å². The minimum absolute atomic E-state index is 0.0121. The van der Waals surface area contributed by atoms with Gasteiger partial charge < -0.3 is 19.9 Å². The second-order valence-electron chi connectivity index (χ2n) is 5.49. The van der Waals surface area contributed by atoms with Gasteiger partial charge in [0.1, 0.15) is 17.4 Å². The van der Waals surface area contributed by atoms with Crippen molar-refractivity contribution in [3.8, 4) is 11.8 Å². The molecule has 1 aromatic rings. The first kappa shape index (κ1) is 17.3. The summed E-state index contributed by atoms with van der Waals surface area (Å²) >= 11 is 0. The molecule has 0 radical (unpaired) electrons. The fraction of sp³-hybridized carbons (Fsp3) is 0.353. The smallest absolute Gasteiger partial charge is 0.267 e. The fourth-order valence-electron chi connectivity index (χ4n) is 2.40. The lowest BCUT2D eigenvalue weighted by Gasteiger charge is -2.31. The van der Waals surface area contributed by atoms with Crippen molar-refractivity contribution in [2.24, 2.45) is 0 Å². The van der Waals surface area contributed by atoms with Crippen LogP contribution in [0.15, 0.2) is 30.0 Å². The summed E-state index contributed by atoms with van der Waals surface area (Å²) in [4.78, 5) is 26.6. The highest BCUT2D eigenvalue weighted by Crippen LogP contribution is 2.25. The van der Waals surface area contributed by atoms with Gasteiger partial charge >= 0.3 is 0 Å². The highest BCUT2D eigenvalue weighted by atomic mass is 16.5. The molecule has 1 aliphatic heterocycles. The van der Waals surface area contributed by atoms with Crippen LogP contribution in [-0.2, 0) is 9.59 Å². The quantitative estimate of drug-likeness (QED) is 0.497. The average molecular weight is 328 g/mol. The monoisotopic (exact) mass is 328 g/mol. The normalized spacial score (nSPS) is 14.8. The van der Waals surface area contributed by atoms with Crippen LogP contribution in [0.4, 0.5) is 5.69 Å². The van der Waals surface area contributed by atoms with Crippen molar-refractivity contribution in [1.82, 2.24) is 9.80 Å². The maximum atomic E-state index is 12.4. The predicted molar refractivity (Wildman–Crippen MR) is 89.3 cm³/mol. The van der Waals surface area contributed by atoms with Crippen LogP contribution < -0.4 is 10.1 Å². The molecule has 1 heterocycles. The molecule has 0 saturated carbocycles. The summed E-state index contributed by atoms with van der Waals surface area (Å²) in [5.41, 5.74) is 1.51. The Morgan fingerprint density at radius 3 is 2.54 bits per heavy atom. The Kier molecular flexibility index (Phi) is 5.79. The number of nitriles is 1.